The number of benzene rings is 2. The molecule has 1 unspecified atom stereocenters. The summed E-state index contributed by atoms with van der Waals surface area (Å²) in [6.07, 6.45) is 1.07. The highest BCUT2D eigenvalue weighted by Gasteiger charge is 2.37. The van der Waals surface area contributed by atoms with Gasteiger partial charge < -0.3 is 0 Å². The molecule has 0 radical (unpaired) electrons. The zero-order chi connectivity index (χ0) is 27.4. The molecule has 0 fully saturated rings. The minimum atomic E-state index is 0.0671. The van der Waals surface area contributed by atoms with E-state index < -0.39 is 0 Å². The van der Waals surface area contributed by atoms with E-state index in [1.165, 1.54) is 22.3 Å². The molecular formula is C35H56. The second kappa shape index (κ2) is 9.39. The van der Waals surface area contributed by atoms with Crippen molar-refractivity contribution in [3.8, 4) is 0 Å². The van der Waals surface area contributed by atoms with Crippen LogP contribution in [0.4, 0.5) is 0 Å². The standard InChI is InChI=1S/C35H56/c1-23(24-19-17-18-20-26(24)31(2,3)4)21-25-29(34(11,12)13)27(32(5,6)7)22-28(33(8,9)10)30(25)35(14,15)16/h17-20,22-23H,21H2,1-16H3. The van der Waals surface area contributed by atoms with Gasteiger partial charge in [0.2, 0.25) is 0 Å². The van der Waals surface area contributed by atoms with Crippen LogP contribution in [0.25, 0.3) is 0 Å². The molecule has 0 aliphatic rings. The van der Waals surface area contributed by atoms with Crippen LogP contribution in [0.3, 0.4) is 0 Å². The Bertz CT molecular complexity index is 978. The summed E-state index contributed by atoms with van der Waals surface area (Å²) in [5.74, 6) is 0.440. The molecule has 2 aromatic carbocycles. The molecule has 35 heavy (non-hydrogen) atoms. The molecule has 0 saturated heterocycles. The molecule has 0 bridgehead atoms. The molecule has 0 spiro atoms. The van der Waals surface area contributed by atoms with Crippen LogP contribution in [0.1, 0.15) is 156 Å². The topological polar surface area (TPSA) is 0 Å². The minimum absolute atomic E-state index is 0.0671. The van der Waals surface area contributed by atoms with E-state index in [2.05, 4.69) is 141 Å². The second-order valence-corrected chi connectivity index (χ2v) is 16.1. The van der Waals surface area contributed by atoms with Gasteiger partial charge in [-0.1, -0.05) is 141 Å². The van der Waals surface area contributed by atoms with E-state index in [4.69, 9.17) is 0 Å². The van der Waals surface area contributed by atoms with Gasteiger partial charge in [0.05, 0.1) is 0 Å². The van der Waals surface area contributed by atoms with Gasteiger partial charge in [-0.05, 0) is 78.4 Å². The molecule has 0 saturated carbocycles. The van der Waals surface area contributed by atoms with Gasteiger partial charge in [-0.25, -0.2) is 0 Å². The first-order chi connectivity index (χ1) is 15.5. The van der Waals surface area contributed by atoms with E-state index >= 15 is 0 Å². The largest absolute Gasteiger partial charge is 0.0620 e. The van der Waals surface area contributed by atoms with E-state index in [1.54, 1.807) is 16.7 Å². The van der Waals surface area contributed by atoms with Crippen LogP contribution in [0, 0.1) is 0 Å². The predicted octanol–water partition coefficient (Wildman–Crippen LogP) is 10.5. The summed E-state index contributed by atoms with van der Waals surface area (Å²) < 4.78 is 0. The normalized spacial score (nSPS) is 14.9. The fourth-order valence-electron chi connectivity index (χ4n) is 5.87. The van der Waals surface area contributed by atoms with Crippen molar-refractivity contribution in [1.29, 1.82) is 0 Å². The molecule has 0 nitrogen and oxygen atoms in total. The molecule has 0 amide bonds. The van der Waals surface area contributed by atoms with Crippen molar-refractivity contribution >= 4 is 0 Å². The maximum atomic E-state index is 2.58. The first kappa shape index (κ1) is 29.7. The van der Waals surface area contributed by atoms with Crippen molar-refractivity contribution in [2.75, 3.05) is 0 Å². The second-order valence-electron chi connectivity index (χ2n) is 16.1. The van der Waals surface area contributed by atoms with Crippen LogP contribution in [-0.2, 0) is 33.5 Å². The molecule has 0 aromatic heterocycles. The molecule has 196 valence electrons. The van der Waals surface area contributed by atoms with E-state index in [0.717, 1.165) is 6.42 Å². The van der Waals surface area contributed by atoms with Gasteiger partial charge in [-0.15, -0.1) is 0 Å². The van der Waals surface area contributed by atoms with Gasteiger partial charge in [-0.2, -0.15) is 0 Å². The van der Waals surface area contributed by atoms with E-state index in [9.17, 15) is 0 Å². The summed E-state index contributed by atoms with van der Waals surface area (Å²) in [5, 5.41) is 0. The molecule has 2 aromatic rings. The van der Waals surface area contributed by atoms with Crippen LogP contribution in [-0.4, -0.2) is 0 Å². The van der Waals surface area contributed by atoms with E-state index in [1.807, 2.05) is 0 Å². The zero-order valence-corrected chi connectivity index (χ0v) is 26.2. The Morgan fingerprint density at radius 1 is 0.514 bits per heavy atom. The first-order valence-corrected chi connectivity index (χ1v) is 13.8. The highest BCUT2D eigenvalue weighted by molar-refractivity contribution is 5.56. The number of hydrogen-bond donors (Lipinski definition) is 0. The Labute approximate surface area is 219 Å². The van der Waals surface area contributed by atoms with Crippen LogP contribution in [0.15, 0.2) is 30.3 Å². The Balaban J connectivity index is 3.03. The lowest BCUT2D eigenvalue weighted by atomic mass is 9.63. The van der Waals surface area contributed by atoms with Crippen molar-refractivity contribution in [3.63, 3.8) is 0 Å². The van der Waals surface area contributed by atoms with E-state index in [0.29, 0.717) is 5.92 Å². The highest BCUT2D eigenvalue weighted by Crippen LogP contribution is 2.47. The molecule has 2 rings (SSSR count). The molecule has 0 N–H and O–H groups in total. The third kappa shape index (κ3) is 6.61. The Morgan fingerprint density at radius 2 is 0.886 bits per heavy atom. The molecule has 0 aliphatic carbocycles. The monoisotopic (exact) mass is 476 g/mol. The summed E-state index contributed by atoms with van der Waals surface area (Å²) in [7, 11) is 0. The van der Waals surface area contributed by atoms with Crippen molar-refractivity contribution in [2.45, 2.75) is 150 Å². The van der Waals surface area contributed by atoms with Crippen LogP contribution in [0.5, 0.6) is 0 Å². The molecular weight excluding hydrogens is 420 g/mol. The van der Waals surface area contributed by atoms with Crippen molar-refractivity contribution in [1.82, 2.24) is 0 Å². The van der Waals surface area contributed by atoms with Crippen molar-refractivity contribution in [3.05, 3.63) is 69.3 Å². The Hall–Kier alpha value is -1.56. The Morgan fingerprint density at radius 3 is 1.23 bits per heavy atom. The van der Waals surface area contributed by atoms with Crippen LogP contribution >= 0.6 is 0 Å². The fraction of sp³-hybridized carbons (Fsp3) is 0.657. The van der Waals surface area contributed by atoms with Crippen LogP contribution < -0.4 is 0 Å². The molecule has 0 heteroatoms. The predicted molar refractivity (Wildman–Crippen MR) is 159 cm³/mol. The average molecular weight is 477 g/mol. The van der Waals surface area contributed by atoms with Gasteiger partial charge in [0.25, 0.3) is 0 Å². The van der Waals surface area contributed by atoms with Gasteiger partial charge in [0.1, 0.15) is 0 Å². The lowest BCUT2D eigenvalue weighted by Gasteiger charge is -2.41. The summed E-state index contributed by atoms with van der Waals surface area (Å²) >= 11 is 0. The quantitative estimate of drug-likeness (QED) is 0.413. The third-order valence-electron chi connectivity index (χ3n) is 7.36. The van der Waals surface area contributed by atoms with Crippen molar-refractivity contribution in [2.24, 2.45) is 0 Å². The van der Waals surface area contributed by atoms with E-state index in [-0.39, 0.29) is 27.1 Å². The fourth-order valence-corrected chi connectivity index (χ4v) is 5.87. The van der Waals surface area contributed by atoms with Gasteiger partial charge >= 0.3 is 0 Å². The number of hydrogen-bond acceptors (Lipinski definition) is 0. The Kier molecular flexibility index (Phi) is 7.96. The zero-order valence-electron chi connectivity index (χ0n) is 26.2. The summed E-state index contributed by atoms with van der Waals surface area (Å²) in [6, 6.07) is 11.7. The van der Waals surface area contributed by atoms with Gasteiger partial charge in [-0.3, -0.25) is 0 Å². The summed E-state index contributed by atoms with van der Waals surface area (Å²) in [6.45, 7) is 38.3. The lowest BCUT2D eigenvalue weighted by Crippen LogP contribution is -2.32. The number of rotatable bonds is 3. The van der Waals surface area contributed by atoms with Crippen molar-refractivity contribution < 1.29 is 0 Å². The summed E-state index contributed by atoms with van der Waals surface area (Å²) in [5.41, 5.74) is 11.2. The van der Waals surface area contributed by atoms with Gasteiger partial charge in [0, 0.05) is 0 Å². The van der Waals surface area contributed by atoms with Crippen LogP contribution in [0.2, 0.25) is 0 Å². The molecule has 0 aliphatic heterocycles. The average Bonchev–Trinajstić information content (AvgIpc) is 2.63. The smallest absolute Gasteiger partial charge is 0.0126 e. The summed E-state index contributed by atoms with van der Waals surface area (Å²) in [4.78, 5) is 0. The molecule has 0 heterocycles. The lowest BCUT2D eigenvalue weighted by molar-refractivity contribution is 0.487. The SMILES string of the molecule is CC(Cc1c(C(C)(C)C)c(C(C)(C)C)cc(C(C)(C)C)c1C(C)(C)C)c1ccccc1C(C)(C)C. The molecule has 1 atom stereocenters. The maximum Gasteiger partial charge on any atom is -0.0126 e. The minimum Gasteiger partial charge on any atom is -0.0620 e. The first-order valence-electron chi connectivity index (χ1n) is 13.8. The third-order valence-corrected chi connectivity index (χ3v) is 7.36. The highest BCUT2D eigenvalue weighted by atomic mass is 14.4. The maximum absolute atomic E-state index is 2.58. The van der Waals surface area contributed by atoms with Gasteiger partial charge in [0.15, 0.2) is 0 Å².